The summed E-state index contributed by atoms with van der Waals surface area (Å²) >= 11 is 0. The van der Waals surface area contributed by atoms with E-state index in [0.717, 1.165) is 0 Å². The lowest BCUT2D eigenvalue weighted by Gasteiger charge is -2.15. The minimum atomic E-state index is -0.473. The molecule has 1 aliphatic carbocycles. The minimum Gasteiger partial charge on any atom is -0.872 e. The van der Waals surface area contributed by atoms with E-state index in [-0.39, 0.29) is 11.3 Å². The van der Waals surface area contributed by atoms with E-state index in [1.54, 1.807) is 36.4 Å². The number of rotatable bonds is 1. The molecule has 0 bridgehead atoms. The van der Waals surface area contributed by atoms with Crippen molar-refractivity contribution < 1.29 is 9.50 Å². The van der Waals surface area contributed by atoms with Crippen molar-refractivity contribution in [1.29, 1.82) is 0 Å². The van der Waals surface area contributed by atoms with Crippen LogP contribution in [-0.4, -0.2) is 0 Å². The smallest absolute Gasteiger partial charge is 0.129 e. The molecular formula is C12H8FO-. The summed E-state index contributed by atoms with van der Waals surface area (Å²) < 4.78 is 13.2. The number of halogens is 1. The highest BCUT2D eigenvalue weighted by Gasteiger charge is 2.02. The maximum Gasteiger partial charge on any atom is 0.129 e. The molecule has 14 heavy (non-hydrogen) atoms. The first kappa shape index (κ1) is 8.75. The zero-order chi connectivity index (χ0) is 9.97. The summed E-state index contributed by atoms with van der Waals surface area (Å²) in [5.74, 6) is -0.744. The minimum absolute atomic E-state index is 0.124. The highest BCUT2D eigenvalue weighted by Crippen LogP contribution is 2.20. The molecule has 0 N–H and O–H groups in total. The summed E-state index contributed by atoms with van der Waals surface area (Å²) in [6, 6.07) is 6.00. The van der Waals surface area contributed by atoms with Crippen molar-refractivity contribution >= 4 is 5.76 Å². The van der Waals surface area contributed by atoms with Crippen LogP contribution < -0.4 is 5.11 Å². The van der Waals surface area contributed by atoms with Gasteiger partial charge in [-0.15, -0.1) is 0 Å². The SMILES string of the molecule is [O-]C(=C1C=CC=C1)c1ccccc1F. The fourth-order valence-corrected chi connectivity index (χ4v) is 1.33. The second kappa shape index (κ2) is 3.50. The van der Waals surface area contributed by atoms with E-state index < -0.39 is 5.82 Å². The highest BCUT2D eigenvalue weighted by atomic mass is 19.1. The molecule has 1 aromatic rings. The van der Waals surface area contributed by atoms with Crippen LogP contribution in [0.4, 0.5) is 4.39 Å². The van der Waals surface area contributed by atoms with Crippen molar-refractivity contribution in [3.8, 4) is 0 Å². The van der Waals surface area contributed by atoms with E-state index in [1.807, 2.05) is 0 Å². The van der Waals surface area contributed by atoms with Crippen molar-refractivity contribution in [2.24, 2.45) is 0 Å². The average Bonchev–Trinajstić information content (AvgIpc) is 2.70. The maximum absolute atomic E-state index is 13.2. The lowest BCUT2D eigenvalue weighted by molar-refractivity contribution is -0.244. The lowest BCUT2D eigenvalue weighted by atomic mass is 10.1. The molecule has 0 amide bonds. The Balaban J connectivity index is 2.51. The van der Waals surface area contributed by atoms with Gasteiger partial charge >= 0.3 is 0 Å². The number of benzene rings is 1. The predicted molar refractivity (Wildman–Crippen MR) is 51.6 cm³/mol. The van der Waals surface area contributed by atoms with Crippen LogP contribution in [0.3, 0.4) is 0 Å². The quantitative estimate of drug-likeness (QED) is 0.617. The van der Waals surface area contributed by atoms with Gasteiger partial charge in [0.15, 0.2) is 0 Å². The van der Waals surface area contributed by atoms with Gasteiger partial charge in [-0.2, -0.15) is 0 Å². The van der Waals surface area contributed by atoms with Gasteiger partial charge in [-0.3, -0.25) is 0 Å². The first-order chi connectivity index (χ1) is 6.79. The molecule has 0 aliphatic heterocycles. The Hall–Kier alpha value is -1.83. The largest absolute Gasteiger partial charge is 0.872 e. The van der Waals surface area contributed by atoms with E-state index in [2.05, 4.69) is 0 Å². The maximum atomic E-state index is 13.2. The molecule has 0 unspecified atom stereocenters. The van der Waals surface area contributed by atoms with Crippen LogP contribution in [0.2, 0.25) is 0 Å². The van der Waals surface area contributed by atoms with Gasteiger partial charge in [0.2, 0.25) is 0 Å². The zero-order valence-corrected chi connectivity index (χ0v) is 7.41. The molecule has 0 atom stereocenters. The Kier molecular flexibility index (Phi) is 2.19. The van der Waals surface area contributed by atoms with Gasteiger partial charge < -0.3 is 5.11 Å². The third-order valence-electron chi connectivity index (χ3n) is 2.04. The lowest BCUT2D eigenvalue weighted by Crippen LogP contribution is -2.06. The Morgan fingerprint density at radius 2 is 1.71 bits per heavy atom. The second-order valence-electron chi connectivity index (χ2n) is 2.98. The number of hydrogen-bond acceptors (Lipinski definition) is 1. The second-order valence-corrected chi connectivity index (χ2v) is 2.98. The van der Waals surface area contributed by atoms with Crippen molar-refractivity contribution in [3.05, 3.63) is 65.5 Å². The third-order valence-corrected chi connectivity index (χ3v) is 2.04. The molecule has 2 rings (SSSR count). The van der Waals surface area contributed by atoms with Crippen LogP contribution in [0.1, 0.15) is 5.56 Å². The molecule has 0 saturated heterocycles. The topological polar surface area (TPSA) is 23.1 Å². The molecule has 0 saturated carbocycles. The van der Waals surface area contributed by atoms with Crippen molar-refractivity contribution in [2.75, 3.05) is 0 Å². The van der Waals surface area contributed by atoms with E-state index in [4.69, 9.17) is 0 Å². The van der Waals surface area contributed by atoms with Crippen molar-refractivity contribution in [2.45, 2.75) is 0 Å². The Bertz CT molecular complexity index is 427. The van der Waals surface area contributed by atoms with Gasteiger partial charge in [0.05, 0.1) is 0 Å². The predicted octanol–water partition coefficient (Wildman–Crippen LogP) is 2.02. The highest BCUT2D eigenvalue weighted by molar-refractivity contribution is 5.68. The number of hydrogen-bond donors (Lipinski definition) is 0. The van der Waals surface area contributed by atoms with Crippen LogP contribution in [-0.2, 0) is 0 Å². The summed E-state index contributed by atoms with van der Waals surface area (Å²) in [5, 5.41) is 11.7. The number of allylic oxidation sites excluding steroid dienone is 5. The summed E-state index contributed by atoms with van der Waals surface area (Å²) in [6.07, 6.45) is 6.87. The van der Waals surface area contributed by atoms with Gasteiger partial charge in [0.25, 0.3) is 0 Å². The Morgan fingerprint density at radius 3 is 2.36 bits per heavy atom. The van der Waals surface area contributed by atoms with Crippen molar-refractivity contribution in [1.82, 2.24) is 0 Å². The normalized spacial score (nSPS) is 13.6. The molecule has 70 valence electrons. The summed E-state index contributed by atoms with van der Waals surface area (Å²) in [7, 11) is 0. The van der Waals surface area contributed by atoms with Crippen LogP contribution >= 0.6 is 0 Å². The Morgan fingerprint density at radius 1 is 1.07 bits per heavy atom. The zero-order valence-electron chi connectivity index (χ0n) is 7.41. The molecule has 1 aliphatic rings. The van der Waals surface area contributed by atoms with Crippen LogP contribution in [0, 0.1) is 5.82 Å². The molecule has 0 heterocycles. The standard InChI is InChI=1S/C12H9FO/c13-11-8-4-3-7-10(11)12(14)9-5-1-2-6-9/h1-8,14H/p-1. The average molecular weight is 187 g/mol. The fourth-order valence-electron chi connectivity index (χ4n) is 1.33. The van der Waals surface area contributed by atoms with Crippen molar-refractivity contribution in [3.63, 3.8) is 0 Å². The van der Waals surface area contributed by atoms with E-state index in [9.17, 15) is 9.50 Å². The summed E-state index contributed by atoms with van der Waals surface area (Å²) in [4.78, 5) is 0. The van der Waals surface area contributed by atoms with Gasteiger partial charge in [-0.1, -0.05) is 48.3 Å². The summed E-state index contributed by atoms with van der Waals surface area (Å²) in [5.41, 5.74) is 0.647. The van der Waals surface area contributed by atoms with Gasteiger partial charge in [-0.25, -0.2) is 4.39 Å². The molecule has 0 aromatic heterocycles. The molecule has 1 aromatic carbocycles. The Labute approximate surface area is 81.5 Å². The van der Waals surface area contributed by atoms with Crippen LogP contribution in [0.15, 0.2) is 54.1 Å². The monoisotopic (exact) mass is 187 g/mol. The van der Waals surface area contributed by atoms with Crippen LogP contribution in [0.25, 0.3) is 5.76 Å². The summed E-state index contributed by atoms with van der Waals surface area (Å²) in [6.45, 7) is 0. The first-order valence-corrected chi connectivity index (χ1v) is 4.30. The fraction of sp³-hybridized carbons (Fsp3) is 0. The van der Waals surface area contributed by atoms with Gasteiger partial charge in [0.1, 0.15) is 5.82 Å². The molecule has 1 nitrogen and oxygen atoms in total. The van der Waals surface area contributed by atoms with Gasteiger partial charge in [-0.05, 0) is 11.6 Å². The van der Waals surface area contributed by atoms with Gasteiger partial charge in [0, 0.05) is 5.56 Å². The molecular weight excluding hydrogens is 179 g/mol. The van der Waals surface area contributed by atoms with E-state index in [0.29, 0.717) is 5.57 Å². The molecule has 0 spiro atoms. The van der Waals surface area contributed by atoms with E-state index >= 15 is 0 Å². The van der Waals surface area contributed by atoms with Crippen LogP contribution in [0.5, 0.6) is 0 Å². The molecule has 0 fully saturated rings. The first-order valence-electron chi connectivity index (χ1n) is 4.30. The van der Waals surface area contributed by atoms with E-state index in [1.165, 1.54) is 12.1 Å². The molecule has 2 heteroatoms. The molecule has 0 radical (unpaired) electrons. The third kappa shape index (κ3) is 1.46.